The molecular formula is C32H35F3N8O3. The number of hydrogen-bond donors (Lipinski definition) is 2. The van der Waals surface area contributed by atoms with Crippen LogP contribution in [0, 0.1) is 0 Å². The summed E-state index contributed by atoms with van der Waals surface area (Å²) in [5.41, 5.74) is 2.35. The maximum absolute atomic E-state index is 13.3. The van der Waals surface area contributed by atoms with Crippen molar-refractivity contribution in [1.29, 1.82) is 0 Å². The van der Waals surface area contributed by atoms with Crippen LogP contribution in [0.25, 0.3) is 22.4 Å². The number of carbonyl (C=O) groups excluding carboxylic acids is 2. The fraction of sp³-hybridized carbons (Fsp3) is 0.375. The molecule has 2 aromatic heterocycles. The summed E-state index contributed by atoms with van der Waals surface area (Å²) in [6.07, 6.45) is -3.03. The lowest BCUT2D eigenvalue weighted by molar-refractivity contribution is -0.139. The average molecular weight is 637 g/mol. The van der Waals surface area contributed by atoms with Gasteiger partial charge in [0, 0.05) is 67.5 Å². The van der Waals surface area contributed by atoms with E-state index in [0.29, 0.717) is 73.1 Å². The number of benzene rings is 2. The van der Waals surface area contributed by atoms with Gasteiger partial charge >= 0.3 is 12.2 Å². The number of aromatic nitrogens is 3. The molecule has 14 heteroatoms. The van der Waals surface area contributed by atoms with E-state index in [1.165, 1.54) is 6.20 Å². The number of halogens is 3. The standard InChI is InChI=1S/C32H35F3N8O3/c1-21-19-42(14-13-40(21)2)30(44)23-5-9-25(10-6-23)37-31(45)36-24-7-3-22(4-8-24)27-38-28(41-15-17-46-18-16-41)26-11-12-43(29(26)39-27)20-32(33,34)35/h3-12,21H,13-20H2,1-2H3,(H2,36,37,45)/t21-/m0/s1. The second kappa shape index (κ2) is 13.0. The van der Waals surface area contributed by atoms with Crippen LogP contribution in [0.1, 0.15) is 17.3 Å². The Bertz CT molecular complexity index is 1700. The van der Waals surface area contributed by atoms with Crippen LogP contribution in [-0.4, -0.2) is 101 Å². The van der Waals surface area contributed by atoms with Crippen molar-refractivity contribution in [3.63, 3.8) is 0 Å². The number of nitrogens with zero attached hydrogens (tertiary/aromatic N) is 6. The molecule has 4 heterocycles. The molecule has 0 unspecified atom stereocenters. The highest BCUT2D eigenvalue weighted by molar-refractivity contribution is 6.00. The van der Waals surface area contributed by atoms with Crippen LogP contribution in [0.2, 0.25) is 0 Å². The third kappa shape index (κ3) is 7.07. The second-order valence-corrected chi connectivity index (χ2v) is 11.6. The molecular weight excluding hydrogens is 601 g/mol. The number of alkyl halides is 3. The van der Waals surface area contributed by atoms with Crippen LogP contribution in [-0.2, 0) is 11.3 Å². The molecule has 0 bridgehead atoms. The molecule has 46 heavy (non-hydrogen) atoms. The molecule has 2 N–H and O–H groups in total. The van der Waals surface area contributed by atoms with Gasteiger partial charge in [0.25, 0.3) is 5.91 Å². The predicted octanol–water partition coefficient (Wildman–Crippen LogP) is 4.92. The molecule has 4 aromatic rings. The molecule has 0 spiro atoms. The highest BCUT2D eigenvalue weighted by Crippen LogP contribution is 2.31. The first-order valence-electron chi connectivity index (χ1n) is 15.1. The molecule has 6 rings (SSSR count). The first-order valence-corrected chi connectivity index (χ1v) is 15.1. The van der Waals surface area contributed by atoms with Crippen LogP contribution >= 0.6 is 0 Å². The SMILES string of the molecule is C[C@H]1CN(C(=O)c2ccc(NC(=O)Nc3ccc(-c4nc(N5CCOCC5)c5ccn(CC(F)(F)F)c5n4)cc3)cc2)CCN1C. The zero-order valence-electron chi connectivity index (χ0n) is 25.5. The van der Waals surface area contributed by atoms with Gasteiger partial charge in [0.1, 0.15) is 18.0 Å². The van der Waals surface area contributed by atoms with E-state index >= 15 is 0 Å². The summed E-state index contributed by atoms with van der Waals surface area (Å²) in [6, 6.07) is 14.9. The van der Waals surface area contributed by atoms with Crippen molar-refractivity contribution in [2.24, 2.45) is 0 Å². The summed E-state index contributed by atoms with van der Waals surface area (Å²) >= 11 is 0. The van der Waals surface area contributed by atoms with Crippen molar-refractivity contribution in [1.82, 2.24) is 24.3 Å². The Morgan fingerprint density at radius 3 is 2.20 bits per heavy atom. The lowest BCUT2D eigenvalue weighted by atomic mass is 10.1. The Morgan fingerprint density at radius 2 is 1.57 bits per heavy atom. The van der Waals surface area contributed by atoms with Gasteiger partial charge in [-0.3, -0.25) is 4.79 Å². The normalized spacial score (nSPS) is 17.7. The molecule has 11 nitrogen and oxygen atoms in total. The van der Waals surface area contributed by atoms with Crippen molar-refractivity contribution in [2.75, 3.05) is 68.5 Å². The smallest absolute Gasteiger partial charge is 0.378 e. The zero-order valence-corrected chi connectivity index (χ0v) is 25.5. The minimum absolute atomic E-state index is 0.0372. The third-order valence-electron chi connectivity index (χ3n) is 8.30. The van der Waals surface area contributed by atoms with E-state index in [2.05, 4.69) is 27.4 Å². The number of amides is 3. The van der Waals surface area contributed by atoms with Gasteiger partial charge in [-0.1, -0.05) is 0 Å². The molecule has 2 saturated heterocycles. The fourth-order valence-corrected chi connectivity index (χ4v) is 5.62. The van der Waals surface area contributed by atoms with Gasteiger partial charge in [-0.25, -0.2) is 14.8 Å². The van der Waals surface area contributed by atoms with Gasteiger partial charge in [0.15, 0.2) is 5.82 Å². The molecule has 3 amide bonds. The number of urea groups is 1. The van der Waals surface area contributed by atoms with Crippen molar-refractivity contribution >= 4 is 40.2 Å². The number of ether oxygens (including phenoxy) is 1. The first-order chi connectivity index (χ1) is 22.0. The maximum atomic E-state index is 13.3. The molecule has 242 valence electrons. The fourth-order valence-electron chi connectivity index (χ4n) is 5.62. The van der Waals surface area contributed by atoms with Gasteiger partial charge in [0.05, 0.1) is 18.6 Å². The molecule has 0 saturated carbocycles. The van der Waals surface area contributed by atoms with E-state index in [4.69, 9.17) is 9.72 Å². The minimum atomic E-state index is -4.41. The monoisotopic (exact) mass is 636 g/mol. The summed E-state index contributed by atoms with van der Waals surface area (Å²) in [6.45, 7) is 5.18. The quantitative estimate of drug-likeness (QED) is 0.310. The Hall–Kier alpha value is -4.69. The summed E-state index contributed by atoms with van der Waals surface area (Å²) in [5, 5.41) is 6.07. The van der Waals surface area contributed by atoms with E-state index in [0.717, 1.165) is 11.1 Å². The van der Waals surface area contributed by atoms with Crippen LogP contribution in [0.15, 0.2) is 60.8 Å². The van der Waals surface area contributed by atoms with E-state index in [-0.39, 0.29) is 23.4 Å². The number of likely N-dealkylation sites (N-methyl/N-ethyl adjacent to an activating group) is 1. The molecule has 0 aliphatic carbocycles. The number of anilines is 3. The third-order valence-corrected chi connectivity index (χ3v) is 8.30. The van der Waals surface area contributed by atoms with E-state index < -0.39 is 18.8 Å². The Kier molecular flexibility index (Phi) is 8.82. The number of nitrogens with one attached hydrogen (secondary N) is 2. The number of morpholine rings is 1. The van der Waals surface area contributed by atoms with E-state index in [1.54, 1.807) is 54.6 Å². The summed E-state index contributed by atoms with van der Waals surface area (Å²) in [7, 11) is 2.05. The van der Waals surface area contributed by atoms with Gasteiger partial charge < -0.3 is 34.6 Å². The lowest BCUT2D eigenvalue weighted by Crippen LogP contribution is -2.52. The van der Waals surface area contributed by atoms with Gasteiger partial charge in [-0.15, -0.1) is 0 Å². The van der Waals surface area contributed by atoms with Gasteiger partial charge in [-0.05, 0) is 68.6 Å². The predicted molar refractivity (Wildman–Crippen MR) is 169 cm³/mol. The summed E-state index contributed by atoms with van der Waals surface area (Å²) < 4.78 is 46.5. The van der Waals surface area contributed by atoms with Crippen molar-refractivity contribution in [2.45, 2.75) is 25.7 Å². The molecule has 2 aromatic carbocycles. The minimum Gasteiger partial charge on any atom is -0.378 e. The van der Waals surface area contributed by atoms with E-state index in [1.807, 2.05) is 16.8 Å². The number of hydrogen-bond acceptors (Lipinski definition) is 7. The topological polar surface area (TPSA) is 108 Å². The lowest BCUT2D eigenvalue weighted by Gasteiger charge is -2.37. The van der Waals surface area contributed by atoms with Crippen molar-refractivity contribution in [3.05, 3.63) is 66.4 Å². The Morgan fingerprint density at radius 1 is 0.913 bits per heavy atom. The Balaban J connectivity index is 1.14. The number of carbonyl (C=O) groups is 2. The largest absolute Gasteiger partial charge is 0.406 e. The van der Waals surface area contributed by atoms with Gasteiger partial charge in [-0.2, -0.15) is 13.2 Å². The first kappa shape index (κ1) is 31.3. The summed E-state index contributed by atoms with van der Waals surface area (Å²) in [5.74, 6) is 0.786. The highest BCUT2D eigenvalue weighted by Gasteiger charge is 2.30. The van der Waals surface area contributed by atoms with Crippen LogP contribution in [0.5, 0.6) is 0 Å². The Labute approximate surface area is 263 Å². The average Bonchev–Trinajstić information content (AvgIpc) is 3.43. The molecule has 2 aliphatic heterocycles. The van der Waals surface area contributed by atoms with Gasteiger partial charge in [0.2, 0.25) is 0 Å². The van der Waals surface area contributed by atoms with Crippen LogP contribution in [0.4, 0.5) is 35.2 Å². The highest BCUT2D eigenvalue weighted by atomic mass is 19.4. The zero-order chi connectivity index (χ0) is 32.4. The molecule has 1 atom stereocenters. The second-order valence-electron chi connectivity index (χ2n) is 11.6. The van der Waals surface area contributed by atoms with Crippen LogP contribution in [0.3, 0.4) is 0 Å². The molecule has 0 radical (unpaired) electrons. The molecule has 2 fully saturated rings. The number of rotatable bonds is 6. The molecule has 2 aliphatic rings. The number of fused-ring (bicyclic) bond motifs is 1. The van der Waals surface area contributed by atoms with E-state index in [9.17, 15) is 22.8 Å². The van der Waals surface area contributed by atoms with Crippen molar-refractivity contribution in [3.8, 4) is 11.4 Å². The van der Waals surface area contributed by atoms with Crippen LogP contribution < -0.4 is 15.5 Å². The van der Waals surface area contributed by atoms with Crippen molar-refractivity contribution < 1.29 is 27.5 Å². The maximum Gasteiger partial charge on any atom is 0.406 e. The summed E-state index contributed by atoms with van der Waals surface area (Å²) in [4.78, 5) is 41.0. The number of piperazine rings is 1.